The van der Waals surface area contributed by atoms with Gasteiger partial charge in [0, 0.05) is 11.7 Å². The average Bonchev–Trinajstić information content (AvgIpc) is 3.05. The highest BCUT2D eigenvalue weighted by Gasteiger charge is 2.44. The van der Waals surface area contributed by atoms with Gasteiger partial charge >= 0.3 is 11.7 Å². The largest absolute Gasteiger partial charge is 0.383 e. The highest BCUT2D eigenvalue weighted by molar-refractivity contribution is 8.00. The van der Waals surface area contributed by atoms with Crippen LogP contribution in [0.4, 0.5) is 22.0 Å². The molecule has 25 heavy (non-hydrogen) atoms. The quantitative estimate of drug-likeness (QED) is 0.711. The number of rotatable bonds is 8. The van der Waals surface area contributed by atoms with E-state index in [-0.39, 0.29) is 23.9 Å². The number of halogens is 5. The third kappa shape index (κ3) is 4.69. The molecule has 0 radical (unpaired) electrons. The first-order chi connectivity index (χ1) is 11.6. The van der Waals surface area contributed by atoms with Crippen LogP contribution < -0.4 is 0 Å². The van der Waals surface area contributed by atoms with Crippen LogP contribution >= 0.6 is 11.8 Å². The summed E-state index contributed by atoms with van der Waals surface area (Å²) in [6.07, 6.45) is -1.25. The van der Waals surface area contributed by atoms with Crippen molar-refractivity contribution >= 4 is 11.8 Å². The molecule has 0 aliphatic carbocycles. The van der Waals surface area contributed by atoms with Gasteiger partial charge in [-0.1, -0.05) is 30.8 Å². The lowest BCUT2D eigenvalue weighted by molar-refractivity contribution is -0.0580. The Morgan fingerprint density at radius 2 is 1.88 bits per heavy atom. The van der Waals surface area contributed by atoms with Gasteiger partial charge < -0.3 is 5.11 Å². The van der Waals surface area contributed by atoms with Crippen molar-refractivity contribution < 1.29 is 27.1 Å². The molecule has 0 bridgehead atoms. The number of aromatic nitrogens is 3. The molecule has 2 aromatic rings. The number of benzene rings is 1. The molecule has 0 unspecified atom stereocenters. The summed E-state index contributed by atoms with van der Waals surface area (Å²) in [4.78, 5) is 3.74. The standard InChI is InChI=1S/C15H16F5N3OS/c1-10(6-25-15(19,20)13(17)18)14(24,7-23-9-21-8-22-23)11-2-4-12(16)5-3-11/h2-5,8-10,13,24H,6-7H2,1H3/t10-,14+/m0/s1. The van der Waals surface area contributed by atoms with Crippen molar-refractivity contribution in [1.29, 1.82) is 0 Å². The Labute approximate surface area is 145 Å². The zero-order valence-corrected chi connectivity index (χ0v) is 13.9. The van der Waals surface area contributed by atoms with Crippen LogP contribution in [0, 0.1) is 11.7 Å². The average molecular weight is 381 g/mol. The first kappa shape index (κ1) is 19.6. The normalized spacial score (nSPS) is 16.0. The molecule has 0 amide bonds. The minimum Gasteiger partial charge on any atom is -0.383 e. The summed E-state index contributed by atoms with van der Waals surface area (Å²) >= 11 is -0.230. The Morgan fingerprint density at radius 3 is 2.40 bits per heavy atom. The van der Waals surface area contributed by atoms with Crippen LogP contribution in [0.15, 0.2) is 36.9 Å². The molecule has 0 saturated heterocycles. The summed E-state index contributed by atoms with van der Waals surface area (Å²) < 4.78 is 65.5. The first-order valence-corrected chi connectivity index (χ1v) is 8.24. The maximum Gasteiger partial charge on any atom is 0.353 e. The summed E-state index contributed by atoms with van der Waals surface area (Å²) in [5.41, 5.74) is -1.47. The maximum atomic E-state index is 13.2. The van der Waals surface area contributed by atoms with E-state index in [0.717, 1.165) is 12.1 Å². The summed E-state index contributed by atoms with van der Waals surface area (Å²) in [5, 5.41) is 10.7. The second-order valence-corrected chi connectivity index (χ2v) is 6.77. The molecule has 2 atom stereocenters. The topological polar surface area (TPSA) is 50.9 Å². The van der Waals surface area contributed by atoms with Gasteiger partial charge in [0.05, 0.1) is 6.54 Å². The third-order valence-corrected chi connectivity index (χ3v) is 5.04. The van der Waals surface area contributed by atoms with E-state index in [0.29, 0.717) is 0 Å². The van der Waals surface area contributed by atoms with E-state index in [9.17, 15) is 27.1 Å². The molecule has 0 fully saturated rings. The summed E-state index contributed by atoms with van der Waals surface area (Å²) in [5.74, 6) is -1.84. The molecule has 1 aromatic heterocycles. The van der Waals surface area contributed by atoms with E-state index in [1.165, 1.54) is 36.4 Å². The molecular weight excluding hydrogens is 365 g/mol. The number of alkyl halides is 4. The van der Waals surface area contributed by atoms with Gasteiger partial charge in [-0.25, -0.2) is 22.8 Å². The van der Waals surface area contributed by atoms with Crippen LogP contribution in [0.1, 0.15) is 12.5 Å². The van der Waals surface area contributed by atoms with E-state index in [4.69, 9.17) is 0 Å². The molecule has 0 aliphatic rings. The number of hydrogen-bond donors (Lipinski definition) is 1. The number of aliphatic hydroxyl groups is 1. The van der Waals surface area contributed by atoms with Gasteiger partial charge in [0.1, 0.15) is 24.1 Å². The Bertz CT molecular complexity index is 668. The molecule has 2 rings (SSSR count). The van der Waals surface area contributed by atoms with Gasteiger partial charge in [0.15, 0.2) is 0 Å². The molecule has 0 aliphatic heterocycles. The van der Waals surface area contributed by atoms with Gasteiger partial charge in [-0.3, -0.25) is 0 Å². The minimum absolute atomic E-state index is 0.152. The third-order valence-electron chi connectivity index (χ3n) is 3.81. The van der Waals surface area contributed by atoms with Gasteiger partial charge in [0.2, 0.25) is 0 Å². The highest BCUT2D eigenvalue weighted by Crippen LogP contribution is 2.40. The van der Waals surface area contributed by atoms with Crippen molar-refractivity contribution in [2.24, 2.45) is 5.92 Å². The van der Waals surface area contributed by atoms with E-state index in [1.807, 2.05) is 0 Å². The second kappa shape index (κ2) is 7.69. The monoisotopic (exact) mass is 381 g/mol. The maximum absolute atomic E-state index is 13.2. The van der Waals surface area contributed by atoms with Crippen LogP contribution in [-0.2, 0) is 12.1 Å². The van der Waals surface area contributed by atoms with Gasteiger partial charge in [-0.05, 0) is 17.7 Å². The second-order valence-electron chi connectivity index (χ2n) is 5.60. The predicted molar refractivity (Wildman–Crippen MR) is 82.9 cm³/mol. The molecule has 4 nitrogen and oxygen atoms in total. The molecule has 1 aromatic carbocycles. The van der Waals surface area contributed by atoms with E-state index < -0.39 is 34.8 Å². The zero-order valence-electron chi connectivity index (χ0n) is 13.1. The molecule has 1 N–H and O–H groups in total. The van der Waals surface area contributed by atoms with Crippen LogP contribution in [0.25, 0.3) is 0 Å². The lowest BCUT2D eigenvalue weighted by Crippen LogP contribution is -2.40. The van der Waals surface area contributed by atoms with E-state index in [1.54, 1.807) is 0 Å². The Kier molecular flexibility index (Phi) is 6.04. The molecule has 0 spiro atoms. The Hall–Kier alpha value is -1.68. The minimum atomic E-state index is -4.22. The van der Waals surface area contributed by atoms with Gasteiger partial charge in [0.25, 0.3) is 0 Å². The number of thioether (sulfide) groups is 1. The SMILES string of the molecule is C[C@@H](CSC(F)(F)C(F)F)[C@](O)(Cn1cncn1)c1ccc(F)cc1. The van der Waals surface area contributed by atoms with Crippen LogP contribution in [-0.4, -0.2) is 37.3 Å². The predicted octanol–water partition coefficient (Wildman–Crippen LogP) is 3.53. The molecule has 1 heterocycles. The van der Waals surface area contributed by atoms with Crippen molar-refractivity contribution in [3.63, 3.8) is 0 Å². The number of hydrogen-bond acceptors (Lipinski definition) is 4. The van der Waals surface area contributed by atoms with Crippen molar-refractivity contribution in [1.82, 2.24) is 14.8 Å². The fraction of sp³-hybridized carbons (Fsp3) is 0.467. The fourth-order valence-corrected chi connectivity index (χ4v) is 3.14. The molecule has 0 saturated carbocycles. The summed E-state index contributed by atoms with van der Waals surface area (Å²) in [7, 11) is 0. The van der Waals surface area contributed by atoms with Gasteiger partial charge in [-0.2, -0.15) is 13.9 Å². The summed E-state index contributed by atoms with van der Waals surface area (Å²) in [6.45, 7) is 1.30. The number of nitrogens with zero attached hydrogens (tertiary/aromatic N) is 3. The van der Waals surface area contributed by atoms with Gasteiger partial charge in [-0.15, -0.1) is 0 Å². The molecular formula is C15H16F5N3OS. The van der Waals surface area contributed by atoms with Crippen LogP contribution in [0.2, 0.25) is 0 Å². The molecule has 138 valence electrons. The highest BCUT2D eigenvalue weighted by atomic mass is 32.2. The van der Waals surface area contributed by atoms with Crippen molar-refractivity contribution in [3.8, 4) is 0 Å². The zero-order chi connectivity index (χ0) is 18.7. The van der Waals surface area contributed by atoms with Crippen LogP contribution in [0.5, 0.6) is 0 Å². The van der Waals surface area contributed by atoms with Crippen molar-refractivity contribution in [2.45, 2.75) is 30.7 Å². The van der Waals surface area contributed by atoms with E-state index in [2.05, 4.69) is 10.1 Å². The molecule has 10 heteroatoms. The Morgan fingerprint density at radius 1 is 1.24 bits per heavy atom. The van der Waals surface area contributed by atoms with Crippen molar-refractivity contribution in [3.05, 3.63) is 48.3 Å². The summed E-state index contributed by atoms with van der Waals surface area (Å²) in [6, 6.07) is 4.88. The first-order valence-electron chi connectivity index (χ1n) is 7.26. The Balaban J connectivity index is 2.25. The fourth-order valence-electron chi connectivity index (χ4n) is 2.27. The lowest BCUT2D eigenvalue weighted by atomic mass is 9.83. The van der Waals surface area contributed by atoms with E-state index >= 15 is 0 Å². The van der Waals surface area contributed by atoms with Crippen LogP contribution in [0.3, 0.4) is 0 Å². The lowest BCUT2D eigenvalue weighted by Gasteiger charge is -2.35. The van der Waals surface area contributed by atoms with Crippen molar-refractivity contribution in [2.75, 3.05) is 5.75 Å². The smallest absolute Gasteiger partial charge is 0.353 e.